The van der Waals surface area contributed by atoms with Gasteiger partial charge in [-0.15, -0.1) is 0 Å². The number of carbonyl (C=O) groups is 2. The van der Waals surface area contributed by atoms with E-state index in [1.165, 1.54) is 25.3 Å². The molecule has 0 aliphatic carbocycles. The van der Waals surface area contributed by atoms with Crippen LogP contribution in [0.5, 0.6) is 23.0 Å². The van der Waals surface area contributed by atoms with Gasteiger partial charge >= 0.3 is 46.9 Å². The summed E-state index contributed by atoms with van der Waals surface area (Å²) in [6, 6.07) is 9.52. The van der Waals surface area contributed by atoms with Gasteiger partial charge in [-0.05, 0) is 57.2 Å². The SMILES string of the molecule is COc1cc(C=O)ccc1O.COc1cc(C=O)ccc1OC(C)(C)C.O=S(=O)(O)C(F)(F)F.O=S(=O)(O)C(F)(F)F.O=S(=O)(O)C(F)(F)F.[Sc]. The summed E-state index contributed by atoms with van der Waals surface area (Å²) in [6.45, 7) is 5.88. The van der Waals surface area contributed by atoms with E-state index in [9.17, 15) is 49.1 Å². The molecule has 51 heavy (non-hydrogen) atoms. The van der Waals surface area contributed by atoms with Gasteiger partial charge < -0.3 is 19.3 Å². The second-order valence-corrected chi connectivity index (χ2v) is 13.3. The second-order valence-electron chi connectivity index (χ2n) is 9.05. The van der Waals surface area contributed by atoms with Crippen molar-refractivity contribution in [3.63, 3.8) is 0 Å². The predicted octanol–water partition coefficient (Wildman–Crippen LogP) is 5.08. The molecule has 0 heterocycles. The summed E-state index contributed by atoms with van der Waals surface area (Å²) in [5.41, 5.74) is -15.8. The molecule has 0 aliphatic rings. The Morgan fingerprint density at radius 3 is 1.08 bits per heavy atom. The largest absolute Gasteiger partial charge is 0.522 e. The van der Waals surface area contributed by atoms with Crippen LogP contribution in [0.4, 0.5) is 39.5 Å². The number of aromatic hydroxyl groups is 1. The monoisotopic (exact) mass is 855 g/mol. The fourth-order valence-electron chi connectivity index (χ4n) is 1.94. The van der Waals surface area contributed by atoms with Crippen LogP contribution >= 0.6 is 0 Å². The summed E-state index contributed by atoms with van der Waals surface area (Å²) in [6.07, 6.45) is 1.48. The van der Waals surface area contributed by atoms with Gasteiger partial charge in [-0.3, -0.25) is 23.2 Å². The maximum atomic E-state index is 10.7. The number of hydrogen-bond acceptors (Lipinski definition) is 12. The first-order valence-corrected chi connectivity index (χ1v) is 16.1. The molecule has 2 aromatic carbocycles. The Balaban J connectivity index is -0.000000277. The van der Waals surface area contributed by atoms with Gasteiger partial charge in [0.05, 0.1) is 14.2 Å². The number of benzene rings is 2. The van der Waals surface area contributed by atoms with Gasteiger partial charge in [0.25, 0.3) is 0 Å². The van der Waals surface area contributed by atoms with E-state index in [4.69, 9.17) is 58.2 Å². The smallest absolute Gasteiger partial charge is 0.504 e. The van der Waals surface area contributed by atoms with Crippen molar-refractivity contribution in [2.45, 2.75) is 42.9 Å². The minimum Gasteiger partial charge on any atom is -0.504 e. The zero-order chi connectivity index (χ0) is 40.7. The van der Waals surface area contributed by atoms with Gasteiger partial charge in [-0.1, -0.05) is 0 Å². The zero-order valence-electron chi connectivity index (χ0n) is 26.1. The molecule has 28 heteroatoms. The third kappa shape index (κ3) is 23.9. The molecule has 2 rings (SSSR count). The summed E-state index contributed by atoms with van der Waals surface area (Å²) >= 11 is 0. The minimum atomic E-state index is -5.84. The van der Waals surface area contributed by atoms with Crippen LogP contribution in [0.25, 0.3) is 0 Å². The van der Waals surface area contributed by atoms with Crippen LogP contribution < -0.4 is 14.2 Å². The van der Waals surface area contributed by atoms with E-state index in [1.807, 2.05) is 20.8 Å². The molecule has 0 unspecified atom stereocenters. The Morgan fingerprint density at radius 2 is 0.843 bits per heavy atom. The molecule has 0 spiro atoms. The Labute approximate surface area is 302 Å². The average molecular weight is 856 g/mol. The quantitative estimate of drug-likeness (QED) is 0.133. The Morgan fingerprint density at radius 1 is 0.569 bits per heavy atom. The molecule has 0 saturated heterocycles. The number of phenols is 1. The molecule has 15 nitrogen and oxygen atoms in total. The van der Waals surface area contributed by atoms with Gasteiger partial charge in [-0.25, -0.2) is 0 Å². The van der Waals surface area contributed by atoms with Gasteiger partial charge in [0, 0.05) is 37.0 Å². The standard InChI is InChI=1S/C12H16O3.C8H8O3.3CHF3O3S.Sc/c1-12(2,3)15-10-6-5-9(8-13)7-11(10)14-4;1-11-8-4-6(5-9)2-3-7(8)10;3*2-1(3,4)8(5,6)7;/h5-8H,1-4H3;2-5,10H,1H3;3*(H,5,6,7);. The molecule has 0 aromatic heterocycles. The van der Waals surface area contributed by atoms with Gasteiger partial charge in [0.1, 0.15) is 18.2 Å². The third-order valence-corrected chi connectivity index (χ3v) is 5.71. The topological polar surface area (TPSA) is 245 Å². The summed E-state index contributed by atoms with van der Waals surface area (Å²) in [5.74, 6) is 1.58. The third-order valence-electron chi connectivity index (χ3n) is 3.96. The van der Waals surface area contributed by atoms with Gasteiger partial charge in [-0.2, -0.15) is 64.8 Å². The van der Waals surface area contributed by atoms with Crippen molar-refractivity contribution in [2.24, 2.45) is 0 Å². The van der Waals surface area contributed by atoms with Gasteiger partial charge in [0.15, 0.2) is 23.0 Å². The molecule has 0 saturated carbocycles. The maximum absolute atomic E-state index is 10.7. The number of halogens is 9. The summed E-state index contributed by atoms with van der Waals surface area (Å²) in [7, 11) is -14.5. The molecule has 0 aliphatic heterocycles. The average Bonchev–Trinajstić information content (AvgIpc) is 2.91. The van der Waals surface area contributed by atoms with Crippen molar-refractivity contribution in [1.82, 2.24) is 0 Å². The minimum absolute atomic E-state index is 0. The van der Waals surface area contributed by atoms with E-state index in [-0.39, 0.29) is 37.2 Å². The summed E-state index contributed by atoms with van der Waals surface area (Å²) < 4.78 is 188. The van der Waals surface area contributed by atoms with E-state index in [2.05, 4.69) is 0 Å². The number of methoxy groups -OCH3 is 2. The van der Waals surface area contributed by atoms with Crippen molar-refractivity contribution in [3.8, 4) is 23.0 Å². The fraction of sp³-hybridized carbons (Fsp3) is 0.391. The number of hydrogen-bond donors (Lipinski definition) is 4. The van der Waals surface area contributed by atoms with Crippen LogP contribution in [0, 0.1) is 0 Å². The van der Waals surface area contributed by atoms with Crippen LogP contribution in [-0.2, 0) is 56.2 Å². The molecule has 0 atom stereocenters. The fourth-order valence-corrected chi connectivity index (χ4v) is 1.94. The van der Waals surface area contributed by atoms with Crippen molar-refractivity contribution >= 4 is 42.9 Å². The number of alkyl halides is 9. The van der Waals surface area contributed by atoms with Crippen molar-refractivity contribution in [3.05, 3.63) is 47.5 Å². The van der Waals surface area contributed by atoms with Crippen LogP contribution in [0.3, 0.4) is 0 Å². The molecule has 4 N–H and O–H groups in total. The van der Waals surface area contributed by atoms with Crippen LogP contribution in [0.15, 0.2) is 36.4 Å². The van der Waals surface area contributed by atoms with Crippen molar-refractivity contribution < 1.29 is 133 Å². The molecular formula is C23H27F9O15S3Sc. The molecule has 0 fully saturated rings. The first-order chi connectivity index (χ1) is 22.0. The van der Waals surface area contributed by atoms with E-state index in [1.54, 1.807) is 25.3 Å². The number of phenolic OH excluding ortho intramolecular Hbond substituents is 1. The Bertz CT molecular complexity index is 1620. The molecule has 293 valence electrons. The number of ether oxygens (including phenoxy) is 3. The summed E-state index contributed by atoms with van der Waals surface area (Å²) in [5, 5.41) is 9.09. The van der Waals surface area contributed by atoms with Crippen LogP contribution in [0.2, 0.25) is 0 Å². The first kappa shape index (κ1) is 54.7. The van der Waals surface area contributed by atoms with Crippen molar-refractivity contribution in [2.75, 3.05) is 14.2 Å². The molecular weight excluding hydrogens is 828 g/mol. The van der Waals surface area contributed by atoms with Crippen molar-refractivity contribution in [1.29, 1.82) is 0 Å². The van der Waals surface area contributed by atoms with E-state index in [0.717, 1.165) is 6.29 Å². The molecule has 0 amide bonds. The second kappa shape index (κ2) is 21.5. The number of carbonyl (C=O) groups excluding carboxylic acids is 2. The molecule has 2 aromatic rings. The van der Waals surface area contributed by atoms with E-state index >= 15 is 0 Å². The van der Waals surface area contributed by atoms with Crippen LogP contribution in [0.1, 0.15) is 41.5 Å². The predicted molar refractivity (Wildman–Crippen MR) is 152 cm³/mol. The molecule has 0 bridgehead atoms. The summed E-state index contributed by atoms with van der Waals surface area (Å²) in [4.78, 5) is 20.8. The zero-order valence-corrected chi connectivity index (χ0v) is 30.4. The van der Waals surface area contributed by atoms with Crippen LogP contribution in [-0.4, -0.2) is 92.9 Å². The number of aldehydes is 2. The maximum Gasteiger partial charge on any atom is 0.522 e. The first-order valence-electron chi connectivity index (χ1n) is 11.7. The van der Waals surface area contributed by atoms with E-state index < -0.39 is 46.9 Å². The normalized spacial score (nSPS) is 11.8. The molecule has 1 radical (unpaired) electrons. The number of rotatable bonds is 5. The Kier molecular flexibility index (Phi) is 23.0. The Hall–Kier alpha value is -3.05. The van der Waals surface area contributed by atoms with Gasteiger partial charge in [0.2, 0.25) is 0 Å². The van der Waals surface area contributed by atoms with E-state index in [0.29, 0.717) is 34.7 Å².